The molecule has 1 aromatic rings. The predicted octanol–water partition coefficient (Wildman–Crippen LogP) is 0.216. The first-order valence-corrected chi connectivity index (χ1v) is 6.09. The maximum absolute atomic E-state index is 11.8. The van der Waals surface area contributed by atoms with Gasteiger partial charge in [0.2, 0.25) is 5.91 Å². The van der Waals surface area contributed by atoms with E-state index in [1.54, 1.807) is 7.05 Å². The second-order valence-electron chi connectivity index (χ2n) is 4.37. The summed E-state index contributed by atoms with van der Waals surface area (Å²) in [5, 5.41) is 2.67. The molecular weight excluding hydrogens is 230 g/mol. The lowest BCUT2D eigenvalue weighted by molar-refractivity contribution is -0.132. The fourth-order valence-electron chi connectivity index (χ4n) is 2.13. The van der Waals surface area contributed by atoms with E-state index in [-0.39, 0.29) is 11.9 Å². The highest BCUT2D eigenvalue weighted by Gasteiger charge is 2.28. The summed E-state index contributed by atoms with van der Waals surface area (Å²) in [4.78, 5) is 13.9. The van der Waals surface area contributed by atoms with Gasteiger partial charge in [-0.15, -0.1) is 0 Å². The van der Waals surface area contributed by atoms with E-state index in [1.807, 2.05) is 24.3 Å². The minimum Gasteiger partial charge on any atom is -0.398 e. The van der Waals surface area contributed by atoms with Gasteiger partial charge >= 0.3 is 0 Å². The Labute approximate surface area is 107 Å². The Morgan fingerprint density at radius 2 is 2.33 bits per heavy atom. The van der Waals surface area contributed by atoms with Gasteiger partial charge in [0, 0.05) is 25.8 Å². The number of amides is 1. The molecule has 5 heteroatoms. The van der Waals surface area contributed by atoms with Crippen LogP contribution in [0.5, 0.6) is 0 Å². The van der Waals surface area contributed by atoms with Crippen molar-refractivity contribution < 1.29 is 9.53 Å². The Hall–Kier alpha value is -1.59. The Morgan fingerprint density at radius 1 is 1.56 bits per heavy atom. The number of hydrogen-bond donors (Lipinski definition) is 2. The molecule has 1 atom stereocenters. The molecule has 98 valence electrons. The van der Waals surface area contributed by atoms with Gasteiger partial charge in [0.25, 0.3) is 0 Å². The lowest BCUT2D eigenvalue weighted by Crippen LogP contribution is -2.52. The van der Waals surface area contributed by atoms with E-state index in [4.69, 9.17) is 10.5 Å². The molecule has 1 saturated heterocycles. The highest BCUT2D eigenvalue weighted by atomic mass is 16.5. The van der Waals surface area contributed by atoms with Crippen LogP contribution in [-0.4, -0.2) is 43.7 Å². The Morgan fingerprint density at radius 3 is 3.06 bits per heavy atom. The number of anilines is 1. The molecule has 0 radical (unpaired) electrons. The lowest BCUT2D eigenvalue weighted by Gasteiger charge is -2.34. The molecule has 1 fully saturated rings. The number of hydrogen-bond acceptors (Lipinski definition) is 4. The fraction of sp³-hybridized carbons (Fsp3) is 0.462. The summed E-state index contributed by atoms with van der Waals surface area (Å²) in [6.45, 7) is 2.51. The van der Waals surface area contributed by atoms with E-state index in [1.165, 1.54) is 0 Å². The Kier molecular flexibility index (Phi) is 4.17. The topological polar surface area (TPSA) is 67.6 Å². The van der Waals surface area contributed by atoms with Crippen molar-refractivity contribution in [2.45, 2.75) is 12.6 Å². The molecule has 1 aromatic carbocycles. The van der Waals surface area contributed by atoms with Crippen LogP contribution in [0.1, 0.15) is 5.56 Å². The molecule has 0 aromatic heterocycles. The molecule has 3 N–H and O–H groups in total. The van der Waals surface area contributed by atoms with Crippen LogP contribution in [0, 0.1) is 0 Å². The molecule has 0 aliphatic carbocycles. The molecule has 18 heavy (non-hydrogen) atoms. The number of likely N-dealkylation sites (N-methyl/N-ethyl adjacent to an activating group) is 1. The van der Waals surface area contributed by atoms with Crippen molar-refractivity contribution in [3.63, 3.8) is 0 Å². The zero-order valence-electron chi connectivity index (χ0n) is 10.6. The van der Waals surface area contributed by atoms with Gasteiger partial charge in [-0.3, -0.25) is 9.69 Å². The smallest absolute Gasteiger partial charge is 0.239 e. The number of morpholine rings is 1. The third-order valence-electron chi connectivity index (χ3n) is 3.22. The van der Waals surface area contributed by atoms with Crippen LogP contribution >= 0.6 is 0 Å². The van der Waals surface area contributed by atoms with E-state index < -0.39 is 0 Å². The van der Waals surface area contributed by atoms with Crippen LogP contribution in [-0.2, 0) is 16.1 Å². The van der Waals surface area contributed by atoms with Crippen molar-refractivity contribution in [1.82, 2.24) is 10.2 Å². The maximum atomic E-state index is 11.8. The molecule has 1 aliphatic heterocycles. The average Bonchev–Trinajstić information content (AvgIpc) is 2.41. The number of para-hydroxylation sites is 1. The summed E-state index contributed by atoms with van der Waals surface area (Å²) in [6.07, 6.45) is 0. The molecule has 1 aliphatic rings. The van der Waals surface area contributed by atoms with Crippen LogP contribution < -0.4 is 11.1 Å². The summed E-state index contributed by atoms with van der Waals surface area (Å²) in [7, 11) is 1.64. The van der Waals surface area contributed by atoms with Gasteiger partial charge in [-0.25, -0.2) is 0 Å². The van der Waals surface area contributed by atoms with E-state index in [0.29, 0.717) is 19.8 Å². The van der Waals surface area contributed by atoms with Crippen LogP contribution in [0.4, 0.5) is 5.69 Å². The van der Waals surface area contributed by atoms with Gasteiger partial charge in [-0.05, 0) is 11.6 Å². The highest BCUT2D eigenvalue weighted by Crippen LogP contribution is 2.17. The molecule has 0 bridgehead atoms. The molecule has 2 rings (SSSR count). The quantitative estimate of drug-likeness (QED) is 0.752. The van der Waals surface area contributed by atoms with E-state index >= 15 is 0 Å². The van der Waals surface area contributed by atoms with Gasteiger partial charge in [-0.2, -0.15) is 0 Å². The standard InChI is InChI=1S/C13H19N3O2/c1-15-13(17)12-9-18-7-6-16(12)8-10-4-2-3-5-11(10)14/h2-5,12H,6-9,14H2,1H3,(H,15,17). The summed E-state index contributed by atoms with van der Waals surface area (Å²) in [5.74, 6) is -0.01000. The summed E-state index contributed by atoms with van der Waals surface area (Å²) >= 11 is 0. The number of rotatable bonds is 3. The summed E-state index contributed by atoms with van der Waals surface area (Å²) < 4.78 is 5.37. The van der Waals surface area contributed by atoms with Gasteiger partial charge in [0.1, 0.15) is 6.04 Å². The average molecular weight is 249 g/mol. The van der Waals surface area contributed by atoms with Gasteiger partial charge in [0.05, 0.1) is 13.2 Å². The zero-order chi connectivity index (χ0) is 13.0. The number of benzene rings is 1. The number of ether oxygens (including phenoxy) is 1. The van der Waals surface area contributed by atoms with E-state index in [0.717, 1.165) is 17.8 Å². The van der Waals surface area contributed by atoms with Crippen molar-refractivity contribution in [2.24, 2.45) is 0 Å². The first-order chi connectivity index (χ1) is 8.72. The lowest BCUT2D eigenvalue weighted by atomic mass is 10.1. The second kappa shape index (κ2) is 5.84. The van der Waals surface area contributed by atoms with Crippen molar-refractivity contribution in [2.75, 3.05) is 32.5 Å². The summed E-state index contributed by atoms with van der Waals surface area (Å²) in [5.41, 5.74) is 7.75. The van der Waals surface area contributed by atoms with Crippen LogP contribution in [0.2, 0.25) is 0 Å². The third kappa shape index (κ3) is 2.80. The minimum atomic E-state index is -0.233. The predicted molar refractivity (Wildman–Crippen MR) is 69.9 cm³/mol. The van der Waals surface area contributed by atoms with Gasteiger partial charge in [-0.1, -0.05) is 18.2 Å². The molecule has 5 nitrogen and oxygen atoms in total. The second-order valence-corrected chi connectivity index (χ2v) is 4.37. The van der Waals surface area contributed by atoms with Crippen molar-refractivity contribution in [3.8, 4) is 0 Å². The van der Waals surface area contributed by atoms with Crippen molar-refractivity contribution >= 4 is 11.6 Å². The van der Waals surface area contributed by atoms with E-state index in [9.17, 15) is 4.79 Å². The summed E-state index contributed by atoms with van der Waals surface area (Å²) in [6, 6.07) is 7.51. The fourth-order valence-corrected chi connectivity index (χ4v) is 2.13. The molecule has 1 amide bonds. The van der Waals surface area contributed by atoms with Gasteiger partial charge in [0.15, 0.2) is 0 Å². The van der Waals surface area contributed by atoms with Crippen LogP contribution in [0.25, 0.3) is 0 Å². The number of carbonyl (C=O) groups is 1. The molecule has 0 spiro atoms. The number of nitrogens with one attached hydrogen (secondary N) is 1. The van der Waals surface area contributed by atoms with Crippen molar-refractivity contribution in [3.05, 3.63) is 29.8 Å². The van der Waals surface area contributed by atoms with Gasteiger partial charge < -0.3 is 15.8 Å². The molecular formula is C13H19N3O2. The molecule has 1 unspecified atom stereocenters. The Bertz CT molecular complexity index is 422. The maximum Gasteiger partial charge on any atom is 0.239 e. The first-order valence-electron chi connectivity index (χ1n) is 6.09. The normalized spacial score (nSPS) is 20.6. The SMILES string of the molecule is CNC(=O)C1COCCN1Cc1ccccc1N. The molecule has 1 heterocycles. The number of nitrogens with two attached hydrogens (primary N) is 1. The van der Waals surface area contributed by atoms with Crippen LogP contribution in [0.3, 0.4) is 0 Å². The number of carbonyl (C=O) groups excluding carboxylic acids is 1. The first kappa shape index (κ1) is 12.9. The largest absolute Gasteiger partial charge is 0.398 e. The molecule has 0 saturated carbocycles. The highest BCUT2D eigenvalue weighted by molar-refractivity contribution is 5.81. The monoisotopic (exact) mass is 249 g/mol. The third-order valence-corrected chi connectivity index (χ3v) is 3.22. The minimum absolute atomic E-state index is 0.01000. The Balaban J connectivity index is 2.10. The number of nitrogens with zero attached hydrogens (tertiary/aromatic N) is 1. The van der Waals surface area contributed by atoms with Crippen LogP contribution in [0.15, 0.2) is 24.3 Å². The zero-order valence-corrected chi connectivity index (χ0v) is 10.6. The number of nitrogen functional groups attached to an aromatic ring is 1. The van der Waals surface area contributed by atoms with E-state index in [2.05, 4.69) is 10.2 Å². The van der Waals surface area contributed by atoms with Crippen molar-refractivity contribution in [1.29, 1.82) is 0 Å².